The van der Waals surface area contributed by atoms with Crippen LogP contribution in [0.2, 0.25) is 0 Å². The Morgan fingerprint density at radius 3 is 2.81 bits per heavy atom. The number of aromatic amines is 1. The van der Waals surface area contributed by atoms with Crippen molar-refractivity contribution in [2.45, 2.75) is 38.5 Å². The van der Waals surface area contributed by atoms with Crippen LogP contribution in [0.15, 0.2) is 36.8 Å². The first-order chi connectivity index (χ1) is 12.8. The predicted octanol–water partition coefficient (Wildman–Crippen LogP) is 3.71. The predicted molar refractivity (Wildman–Crippen MR) is 99.6 cm³/mol. The summed E-state index contributed by atoms with van der Waals surface area (Å²) < 4.78 is 0. The molecule has 0 aromatic carbocycles. The molecule has 0 radical (unpaired) electrons. The Bertz CT molecular complexity index is 959. The summed E-state index contributed by atoms with van der Waals surface area (Å²) in [5, 5.41) is 8.44. The molecule has 1 amide bonds. The van der Waals surface area contributed by atoms with Crippen LogP contribution in [0.4, 0.5) is 5.82 Å². The maximum Gasteiger partial charge on any atom is 0.234 e. The molecule has 1 aliphatic carbocycles. The molecule has 132 valence electrons. The van der Waals surface area contributed by atoms with E-state index in [0.29, 0.717) is 0 Å². The second-order valence-corrected chi connectivity index (χ2v) is 7.45. The summed E-state index contributed by atoms with van der Waals surface area (Å²) in [5.74, 6) is 0.991. The van der Waals surface area contributed by atoms with Crippen LogP contribution in [-0.4, -0.2) is 32.6 Å². The van der Waals surface area contributed by atoms with Gasteiger partial charge in [0.15, 0.2) is 5.82 Å². The summed E-state index contributed by atoms with van der Waals surface area (Å²) >= 11 is 0. The average Bonchev–Trinajstić information content (AvgIpc) is 3.25. The summed E-state index contributed by atoms with van der Waals surface area (Å²) in [6, 6.07) is 5.89. The van der Waals surface area contributed by atoms with Crippen molar-refractivity contribution in [1.29, 1.82) is 0 Å². The van der Waals surface area contributed by atoms with Gasteiger partial charge in [-0.3, -0.25) is 24.8 Å². The van der Waals surface area contributed by atoms with Gasteiger partial charge >= 0.3 is 0 Å². The van der Waals surface area contributed by atoms with Crippen LogP contribution in [0.5, 0.6) is 0 Å². The fourth-order valence-corrected chi connectivity index (χ4v) is 4.50. The lowest BCUT2D eigenvalue weighted by molar-refractivity contribution is -0.127. The molecule has 0 atom stereocenters. The van der Waals surface area contributed by atoms with E-state index in [4.69, 9.17) is 0 Å². The normalized spacial score (nSPS) is 19.5. The van der Waals surface area contributed by atoms with Crippen LogP contribution in [0, 0.1) is 5.41 Å². The molecule has 6 nitrogen and oxygen atoms in total. The van der Waals surface area contributed by atoms with Crippen molar-refractivity contribution in [1.82, 2.24) is 20.2 Å². The van der Waals surface area contributed by atoms with Crippen molar-refractivity contribution in [3.05, 3.63) is 36.8 Å². The highest BCUT2D eigenvalue weighted by Crippen LogP contribution is 2.46. The average molecular weight is 347 g/mol. The van der Waals surface area contributed by atoms with Crippen LogP contribution in [0.25, 0.3) is 22.2 Å². The molecular formula is C20H21N5O. The first-order valence-electron chi connectivity index (χ1n) is 9.33. The molecule has 3 aromatic rings. The van der Waals surface area contributed by atoms with Gasteiger partial charge in [-0.15, -0.1) is 0 Å². The Hall–Kier alpha value is -2.76. The van der Waals surface area contributed by atoms with Gasteiger partial charge in [0.25, 0.3) is 0 Å². The van der Waals surface area contributed by atoms with Gasteiger partial charge in [-0.1, -0.05) is 19.3 Å². The monoisotopic (exact) mass is 347 g/mol. The Morgan fingerprint density at radius 2 is 2.00 bits per heavy atom. The number of rotatable bonds is 2. The highest BCUT2D eigenvalue weighted by molar-refractivity contribution is 6.05. The second kappa shape index (κ2) is 5.90. The topological polar surface area (TPSA) is 74.8 Å². The summed E-state index contributed by atoms with van der Waals surface area (Å²) in [5.41, 5.74) is 2.50. The number of H-pyrrole nitrogens is 1. The van der Waals surface area contributed by atoms with Crippen LogP contribution in [-0.2, 0) is 4.79 Å². The van der Waals surface area contributed by atoms with Crippen molar-refractivity contribution in [3.63, 3.8) is 0 Å². The van der Waals surface area contributed by atoms with Crippen molar-refractivity contribution < 1.29 is 4.79 Å². The van der Waals surface area contributed by atoms with Gasteiger partial charge in [0.2, 0.25) is 5.91 Å². The van der Waals surface area contributed by atoms with E-state index in [1.54, 1.807) is 18.6 Å². The smallest absolute Gasteiger partial charge is 0.234 e. The summed E-state index contributed by atoms with van der Waals surface area (Å²) in [6.45, 7) is 0.753. The molecule has 3 aromatic heterocycles. The highest BCUT2D eigenvalue weighted by Gasteiger charge is 2.48. The number of aromatic nitrogens is 4. The van der Waals surface area contributed by atoms with E-state index in [-0.39, 0.29) is 11.3 Å². The Kier molecular flexibility index (Phi) is 3.51. The Balaban J connectivity index is 1.54. The van der Waals surface area contributed by atoms with E-state index in [2.05, 4.69) is 20.2 Å². The van der Waals surface area contributed by atoms with Crippen LogP contribution < -0.4 is 4.90 Å². The largest absolute Gasteiger partial charge is 0.294 e. The van der Waals surface area contributed by atoms with Gasteiger partial charge < -0.3 is 0 Å². The number of carbonyl (C=O) groups is 1. The van der Waals surface area contributed by atoms with E-state index >= 15 is 0 Å². The standard InChI is InChI=1S/C20H21N5O/c26-19-20(6-2-1-3-7-20)8-10-25(19)18-15-11-16(14-5-4-9-21-12-14)22-13-17(15)23-24-18/h4-5,9,11-13H,1-3,6-8,10H2,(H,23,24). The first kappa shape index (κ1) is 15.5. The van der Waals surface area contributed by atoms with E-state index in [0.717, 1.165) is 66.6 Å². The molecule has 0 bridgehead atoms. The minimum Gasteiger partial charge on any atom is -0.294 e. The van der Waals surface area contributed by atoms with Crippen LogP contribution >= 0.6 is 0 Å². The number of hydrogen-bond donors (Lipinski definition) is 1. The number of anilines is 1. The minimum atomic E-state index is -0.150. The Morgan fingerprint density at radius 1 is 1.12 bits per heavy atom. The van der Waals surface area contributed by atoms with Crippen molar-refractivity contribution in [2.75, 3.05) is 11.4 Å². The zero-order valence-corrected chi connectivity index (χ0v) is 14.6. The summed E-state index contributed by atoms with van der Waals surface area (Å²) in [6.07, 6.45) is 11.9. The third kappa shape index (κ3) is 2.32. The van der Waals surface area contributed by atoms with Crippen molar-refractivity contribution >= 4 is 22.6 Å². The maximum absolute atomic E-state index is 13.2. The second-order valence-electron chi connectivity index (χ2n) is 7.45. The van der Waals surface area contributed by atoms with Gasteiger partial charge in [-0.05, 0) is 37.5 Å². The van der Waals surface area contributed by atoms with Gasteiger partial charge in [-0.25, -0.2) is 0 Å². The molecule has 2 fully saturated rings. The molecule has 1 spiro atoms. The van der Waals surface area contributed by atoms with Crippen molar-refractivity contribution in [2.24, 2.45) is 5.41 Å². The number of pyridine rings is 2. The SMILES string of the molecule is O=C1N(c2n[nH]c3cnc(-c4cccnc4)cc23)CCC12CCCCC2. The van der Waals surface area contributed by atoms with Gasteiger partial charge in [0.05, 0.1) is 22.8 Å². The fourth-order valence-electron chi connectivity index (χ4n) is 4.50. The molecule has 1 saturated carbocycles. The van der Waals surface area contributed by atoms with E-state index < -0.39 is 0 Å². The number of nitrogens with one attached hydrogen (secondary N) is 1. The quantitative estimate of drug-likeness (QED) is 0.767. The molecule has 1 N–H and O–H groups in total. The number of carbonyl (C=O) groups excluding carboxylic acids is 1. The molecule has 0 unspecified atom stereocenters. The van der Waals surface area contributed by atoms with E-state index in [9.17, 15) is 4.79 Å². The lowest BCUT2D eigenvalue weighted by Gasteiger charge is -2.31. The molecule has 1 saturated heterocycles. The highest BCUT2D eigenvalue weighted by atomic mass is 16.2. The van der Waals surface area contributed by atoms with Gasteiger partial charge in [0, 0.05) is 29.9 Å². The van der Waals surface area contributed by atoms with Gasteiger partial charge in [0.1, 0.15) is 0 Å². The molecule has 5 rings (SSSR count). The fraction of sp³-hybridized carbons (Fsp3) is 0.400. The van der Waals surface area contributed by atoms with Crippen LogP contribution in [0.1, 0.15) is 38.5 Å². The van der Waals surface area contributed by atoms with Gasteiger partial charge in [-0.2, -0.15) is 5.10 Å². The molecule has 2 aliphatic rings. The minimum absolute atomic E-state index is 0.150. The number of fused-ring (bicyclic) bond motifs is 1. The number of amides is 1. The number of hydrogen-bond acceptors (Lipinski definition) is 4. The molecular weight excluding hydrogens is 326 g/mol. The Labute approximate surface area is 151 Å². The molecule has 26 heavy (non-hydrogen) atoms. The lowest BCUT2D eigenvalue weighted by atomic mass is 9.73. The molecule has 4 heterocycles. The summed E-state index contributed by atoms with van der Waals surface area (Å²) in [7, 11) is 0. The van der Waals surface area contributed by atoms with Crippen LogP contribution in [0.3, 0.4) is 0 Å². The summed E-state index contributed by atoms with van der Waals surface area (Å²) in [4.78, 5) is 23.8. The van der Waals surface area contributed by atoms with E-state index in [1.807, 2.05) is 23.1 Å². The van der Waals surface area contributed by atoms with Crippen molar-refractivity contribution in [3.8, 4) is 11.3 Å². The molecule has 6 heteroatoms. The van der Waals surface area contributed by atoms with E-state index in [1.165, 1.54) is 6.42 Å². The third-order valence-corrected chi connectivity index (χ3v) is 5.96. The third-order valence-electron chi connectivity index (χ3n) is 5.96. The maximum atomic E-state index is 13.2. The molecule has 1 aliphatic heterocycles. The first-order valence-corrected chi connectivity index (χ1v) is 9.33. The number of nitrogens with zero attached hydrogens (tertiary/aromatic N) is 4. The lowest BCUT2D eigenvalue weighted by Crippen LogP contribution is -2.36. The zero-order chi connectivity index (χ0) is 17.6. The zero-order valence-electron chi connectivity index (χ0n) is 14.6.